The van der Waals surface area contributed by atoms with Gasteiger partial charge in [-0.3, -0.25) is 0 Å². The van der Waals surface area contributed by atoms with Crippen molar-refractivity contribution in [3.05, 3.63) is 52.0 Å². The van der Waals surface area contributed by atoms with Crippen LogP contribution in [0.4, 0.5) is 10.1 Å². The zero-order chi connectivity index (χ0) is 11.7. The van der Waals surface area contributed by atoms with Gasteiger partial charge < -0.3 is 5.32 Å². The van der Waals surface area contributed by atoms with Crippen LogP contribution in [-0.4, -0.2) is 0 Å². The van der Waals surface area contributed by atoms with Gasteiger partial charge in [0.1, 0.15) is 5.82 Å². The van der Waals surface area contributed by atoms with E-state index in [9.17, 15) is 4.39 Å². The van der Waals surface area contributed by atoms with E-state index in [1.807, 2.05) is 17.4 Å². The van der Waals surface area contributed by atoms with Crippen molar-refractivity contribution in [2.75, 3.05) is 5.32 Å². The Hall–Kier alpha value is -1.35. The quantitative estimate of drug-likeness (QED) is 0.830. The molecule has 0 radical (unpaired) electrons. The van der Waals surface area contributed by atoms with Crippen LogP contribution in [0.15, 0.2) is 35.7 Å². The van der Waals surface area contributed by atoms with Gasteiger partial charge in [-0.1, -0.05) is 6.07 Å². The first kappa shape index (κ1) is 10.8. The van der Waals surface area contributed by atoms with Gasteiger partial charge in [0.25, 0.3) is 0 Å². The Morgan fingerprint density at radius 3 is 3.12 bits per heavy atom. The topological polar surface area (TPSA) is 12.0 Å². The molecule has 1 unspecified atom stereocenters. The minimum absolute atomic E-state index is 0.184. The van der Waals surface area contributed by atoms with Crippen LogP contribution in [0.2, 0.25) is 0 Å². The fourth-order valence-electron chi connectivity index (χ4n) is 2.42. The van der Waals surface area contributed by atoms with Gasteiger partial charge in [0.15, 0.2) is 0 Å². The van der Waals surface area contributed by atoms with Gasteiger partial charge >= 0.3 is 0 Å². The lowest BCUT2D eigenvalue weighted by molar-refractivity contribution is 0.605. The second-order valence-electron chi connectivity index (χ2n) is 4.40. The van der Waals surface area contributed by atoms with E-state index in [1.54, 1.807) is 12.1 Å². The summed E-state index contributed by atoms with van der Waals surface area (Å²) in [4.78, 5) is 1.48. The predicted octanol–water partition coefficient (Wildman–Crippen LogP) is 4.38. The SMILES string of the molecule is Fc1cccc(NC2CCCc3sccc32)c1. The average Bonchev–Trinajstić information content (AvgIpc) is 2.78. The first-order valence-electron chi connectivity index (χ1n) is 5.91. The van der Waals surface area contributed by atoms with Crippen LogP contribution in [0.25, 0.3) is 0 Å². The molecule has 2 aromatic rings. The lowest BCUT2D eigenvalue weighted by atomic mass is 9.94. The molecular formula is C14H14FNS. The molecule has 3 rings (SSSR count). The van der Waals surface area contributed by atoms with Gasteiger partial charge in [-0.25, -0.2) is 4.39 Å². The molecule has 0 bridgehead atoms. The van der Waals surface area contributed by atoms with Crippen molar-refractivity contribution >= 4 is 17.0 Å². The van der Waals surface area contributed by atoms with Crippen molar-refractivity contribution in [3.63, 3.8) is 0 Å². The highest BCUT2D eigenvalue weighted by Crippen LogP contribution is 2.35. The van der Waals surface area contributed by atoms with Gasteiger partial charge in [-0.05, 0) is 54.5 Å². The van der Waals surface area contributed by atoms with Crippen molar-refractivity contribution in [1.29, 1.82) is 0 Å². The predicted molar refractivity (Wildman–Crippen MR) is 70.0 cm³/mol. The molecule has 0 fully saturated rings. The largest absolute Gasteiger partial charge is 0.378 e. The molecule has 1 N–H and O–H groups in total. The number of hydrogen-bond acceptors (Lipinski definition) is 2. The molecule has 0 aliphatic heterocycles. The van der Waals surface area contributed by atoms with Gasteiger partial charge in [-0.2, -0.15) is 0 Å². The maximum Gasteiger partial charge on any atom is 0.125 e. The molecule has 0 spiro atoms. The lowest BCUT2D eigenvalue weighted by Crippen LogP contribution is -2.15. The summed E-state index contributed by atoms with van der Waals surface area (Å²) in [7, 11) is 0. The van der Waals surface area contributed by atoms with E-state index in [-0.39, 0.29) is 5.82 Å². The molecule has 17 heavy (non-hydrogen) atoms. The van der Waals surface area contributed by atoms with Crippen molar-refractivity contribution in [1.82, 2.24) is 0 Å². The van der Waals surface area contributed by atoms with Gasteiger partial charge in [0.2, 0.25) is 0 Å². The number of rotatable bonds is 2. The molecule has 1 nitrogen and oxygen atoms in total. The van der Waals surface area contributed by atoms with E-state index in [4.69, 9.17) is 0 Å². The second-order valence-corrected chi connectivity index (χ2v) is 5.40. The molecule has 1 aliphatic rings. The molecular weight excluding hydrogens is 233 g/mol. The molecule has 0 saturated carbocycles. The summed E-state index contributed by atoms with van der Waals surface area (Å²) in [5, 5.41) is 5.58. The van der Waals surface area contributed by atoms with Crippen LogP contribution in [-0.2, 0) is 6.42 Å². The monoisotopic (exact) mass is 247 g/mol. The molecule has 88 valence electrons. The van der Waals surface area contributed by atoms with Gasteiger partial charge in [0, 0.05) is 10.6 Å². The third kappa shape index (κ3) is 2.20. The zero-order valence-electron chi connectivity index (χ0n) is 9.45. The normalized spacial score (nSPS) is 18.8. The smallest absolute Gasteiger partial charge is 0.125 e. The fourth-order valence-corrected chi connectivity index (χ4v) is 3.40. The Morgan fingerprint density at radius 2 is 2.24 bits per heavy atom. The standard InChI is InChI=1S/C14H14FNS/c15-10-3-1-4-11(9-10)16-13-5-2-6-14-12(13)7-8-17-14/h1,3-4,7-9,13,16H,2,5-6H2. The summed E-state index contributed by atoms with van der Waals surface area (Å²) in [6, 6.07) is 9.23. The summed E-state index contributed by atoms with van der Waals surface area (Å²) in [5.74, 6) is -0.184. The highest BCUT2D eigenvalue weighted by atomic mass is 32.1. The van der Waals surface area contributed by atoms with Crippen LogP contribution in [0.5, 0.6) is 0 Å². The van der Waals surface area contributed by atoms with Gasteiger partial charge in [0.05, 0.1) is 6.04 Å². The van der Waals surface area contributed by atoms with Gasteiger partial charge in [-0.15, -0.1) is 11.3 Å². The fraction of sp³-hybridized carbons (Fsp3) is 0.286. The van der Waals surface area contributed by atoms with E-state index in [1.165, 1.54) is 29.3 Å². The summed E-state index contributed by atoms with van der Waals surface area (Å²) in [6.07, 6.45) is 3.52. The molecule has 1 aliphatic carbocycles. The first-order valence-corrected chi connectivity index (χ1v) is 6.79. The third-order valence-electron chi connectivity index (χ3n) is 3.22. The van der Waals surface area contributed by atoms with Crippen LogP contribution < -0.4 is 5.32 Å². The van der Waals surface area contributed by atoms with Crippen LogP contribution >= 0.6 is 11.3 Å². The Labute approximate surface area is 104 Å². The Bertz CT molecular complexity index is 520. The molecule has 1 heterocycles. The third-order valence-corrected chi connectivity index (χ3v) is 4.21. The number of anilines is 1. The lowest BCUT2D eigenvalue weighted by Gasteiger charge is -2.24. The average molecular weight is 247 g/mol. The molecule has 0 amide bonds. The molecule has 1 atom stereocenters. The summed E-state index contributed by atoms with van der Waals surface area (Å²) >= 11 is 1.83. The number of fused-ring (bicyclic) bond motifs is 1. The van der Waals surface area contributed by atoms with E-state index in [2.05, 4.69) is 16.8 Å². The van der Waals surface area contributed by atoms with E-state index < -0.39 is 0 Å². The van der Waals surface area contributed by atoms with Crippen LogP contribution in [0.3, 0.4) is 0 Å². The maximum absolute atomic E-state index is 13.1. The summed E-state index contributed by atoms with van der Waals surface area (Å²) in [6.45, 7) is 0. The molecule has 1 aromatic carbocycles. The van der Waals surface area contributed by atoms with Crippen LogP contribution in [0.1, 0.15) is 29.3 Å². The Morgan fingerprint density at radius 1 is 1.29 bits per heavy atom. The van der Waals surface area contributed by atoms with E-state index >= 15 is 0 Å². The highest BCUT2D eigenvalue weighted by molar-refractivity contribution is 7.10. The Balaban J connectivity index is 1.84. The number of aryl methyl sites for hydroxylation is 1. The minimum Gasteiger partial charge on any atom is -0.378 e. The number of halogens is 1. The van der Waals surface area contributed by atoms with E-state index in [0.717, 1.165) is 12.1 Å². The van der Waals surface area contributed by atoms with Crippen molar-refractivity contribution in [2.24, 2.45) is 0 Å². The summed E-state index contributed by atoms with van der Waals surface area (Å²) < 4.78 is 13.1. The number of thiophene rings is 1. The second kappa shape index (κ2) is 4.49. The highest BCUT2D eigenvalue weighted by Gasteiger charge is 2.20. The van der Waals surface area contributed by atoms with Crippen LogP contribution in [0, 0.1) is 5.82 Å². The zero-order valence-corrected chi connectivity index (χ0v) is 10.3. The minimum atomic E-state index is -0.184. The van der Waals surface area contributed by atoms with E-state index in [0.29, 0.717) is 6.04 Å². The summed E-state index contributed by atoms with van der Waals surface area (Å²) in [5.41, 5.74) is 2.26. The van der Waals surface area contributed by atoms with Crippen molar-refractivity contribution in [2.45, 2.75) is 25.3 Å². The van der Waals surface area contributed by atoms with Crippen molar-refractivity contribution in [3.8, 4) is 0 Å². The molecule has 0 saturated heterocycles. The van der Waals surface area contributed by atoms with Crippen molar-refractivity contribution < 1.29 is 4.39 Å². The molecule has 1 aromatic heterocycles. The maximum atomic E-state index is 13.1. The number of nitrogens with one attached hydrogen (secondary N) is 1. The first-order chi connectivity index (χ1) is 8.33. The Kier molecular flexibility index (Phi) is 2.85. The number of hydrogen-bond donors (Lipinski definition) is 1. The number of benzene rings is 1. The molecule has 3 heteroatoms.